The highest BCUT2D eigenvalue weighted by Gasteiger charge is 2.24. The Morgan fingerprint density at radius 3 is 2.76 bits per heavy atom. The molecule has 21 heavy (non-hydrogen) atoms. The third-order valence-corrected chi connectivity index (χ3v) is 4.30. The predicted molar refractivity (Wildman–Crippen MR) is 87.5 cm³/mol. The predicted octanol–water partition coefficient (Wildman–Crippen LogP) is 4.02. The van der Waals surface area contributed by atoms with E-state index >= 15 is 0 Å². The van der Waals surface area contributed by atoms with E-state index in [2.05, 4.69) is 35.7 Å². The van der Waals surface area contributed by atoms with E-state index in [0.29, 0.717) is 10.9 Å². The van der Waals surface area contributed by atoms with Crippen LogP contribution < -0.4 is 10.1 Å². The van der Waals surface area contributed by atoms with Crippen LogP contribution in [0.3, 0.4) is 0 Å². The fourth-order valence-electron chi connectivity index (χ4n) is 2.28. The monoisotopic (exact) mass is 325 g/mol. The zero-order valence-electron chi connectivity index (χ0n) is 12.7. The van der Waals surface area contributed by atoms with Crippen molar-refractivity contribution in [2.75, 3.05) is 13.7 Å². The van der Waals surface area contributed by atoms with Gasteiger partial charge in [0.25, 0.3) is 0 Å². The summed E-state index contributed by atoms with van der Waals surface area (Å²) in [7, 11) is 1.67. The first-order valence-electron chi connectivity index (χ1n) is 6.97. The van der Waals surface area contributed by atoms with Crippen molar-refractivity contribution in [3.8, 4) is 5.75 Å². The van der Waals surface area contributed by atoms with Gasteiger partial charge in [0, 0.05) is 10.6 Å². The number of rotatable bonds is 6. The Morgan fingerprint density at radius 2 is 2.14 bits per heavy atom. The lowest BCUT2D eigenvalue weighted by Gasteiger charge is -2.21. The van der Waals surface area contributed by atoms with E-state index in [1.54, 1.807) is 7.11 Å². The van der Waals surface area contributed by atoms with E-state index < -0.39 is 0 Å². The van der Waals surface area contributed by atoms with Crippen LogP contribution in [0, 0.1) is 0 Å². The molecule has 0 spiro atoms. The van der Waals surface area contributed by atoms with Crippen LogP contribution in [0.25, 0.3) is 0 Å². The summed E-state index contributed by atoms with van der Waals surface area (Å²) in [6.45, 7) is 7.15. The highest BCUT2D eigenvalue weighted by Crippen LogP contribution is 2.36. The second-order valence-corrected chi connectivity index (χ2v) is 6.28. The summed E-state index contributed by atoms with van der Waals surface area (Å²) in [5.41, 5.74) is 2.03. The molecular formula is C15H20ClN3OS. The topological polar surface area (TPSA) is 47.0 Å². The summed E-state index contributed by atoms with van der Waals surface area (Å²) in [6, 6.07) is 5.66. The molecule has 1 aromatic heterocycles. The molecule has 0 aliphatic heterocycles. The van der Waals surface area contributed by atoms with Crippen molar-refractivity contribution in [1.82, 2.24) is 14.9 Å². The second kappa shape index (κ2) is 7.20. The van der Waals surface area contributed by atoms with E-state index in [9.17, 15) is 0 Å². The van der Waals surface area contributed by atoms with Gasteiger partial charge in [-0.3, -0.25) is 0 Å². The van der Waals surface area contributed by atoms with Crippen molar-refractivity contribution in [3.05, 3.63) is 39.4 Å². The molecule has 1 aromatic carbocycles. The number of halogens is 1. The van der Waals surface area contributed by atoms with E-state index in [1.165, 1.54) is 11.5 Å². The van der Waals surface area contributed by atoms with Crippen LogP contribution in [-0.4, -0.2) is 23.2 Å². The molecule has 0 bridgehead atoms. The van der Waals surface area contributed by atoms with Crippen LogP contribution in [-0.2, 0) is 0 Å². The highest BCUT2D eigenvalue weighted by atomic mass is 35.5. The fourth-order valence-corrected chi connectivity index (χ4v) is 3.37. The lowest BCUT2D eigenvalue weighted by Crippen LogP contribution is -2.23. The first-order chi connectivity index (χ1) is 10.1. The number of hydrogen-bond acceptors (Lipinski definition) is 5. The zero-order chi connectivity index (χ0) is 15.4. The average Bonchev–Trinajstić information content (AvgIpc) is 2.94. The number of hydrogen-bond donors (Lipinski definition) is 1. The summed E-state index contributed by atoms with van der Waals surface area (Å²) in [5, 5.41) is 8.46. The molecule has 1 unspecified atom stereocenters. The maximum Gasteiger partial charge on any atom is 0.124 e. The van der Waals surface area contributed by atoms with Gasteiger partial charge in [-0.25, -0.2) is 0 Å². The first-order valence-corrected chi connectivity index (χ1v) is 8.12. The largest absolute Gasteiger partial charge is 0.496 e. The van der Waals surface area contributed by atoms with Crippen molar-refractivity contribution in [2.45, 2.75) is 32.7 Å². The van der Waals surface area contributed by atoms with Crippen molar-refractivity contribution < 1.29 is 4.74 Å². The Kier molecular flexibility index (Phi) is 5.56. The van der Waals surface area contributed by atoms with Gasteiger partial charge in [0.05, 0.1) is 23.7 Å². The summed E-state index contributed by atoms with van der Waals surface area (Å²) in [4.78, 5) is 1.12. The molecule has 1 N–H and O–H groups in total. The average molecular weight is 326 g/mol. The quantitative estimate of drug-likeness (QED) is 0.871. The van der Waals surface area contributed by atoms with Crippen LogP contribution in [0.15, 0.2) is 18.2 Å². The summed E-state index contributed by atoms with van der Waals surface area (Å²) < 4.78 is 9.62. The molecule has 0 aliphatic carbocycles. The lowest BCUT2D eigenvalue weighted by molar-refractivity contribution is 0.404. The zero-order valence-corrected chi connectivity index (χ0v) is 14.3. The maximum absolute atomic E-state index is 6.17. The Labute approximate surface area is 134 Å². The Hall–Kier alpha value is -1.17. The normalized spacial score (nSPS) is 12.7. The molecule has 6 heteroatoms. The van der Waals surface area contributed by atoms with E-state index in [-0.39, 0.29) is 6.04 Å². The van der Waals surface area contributed by atoms with Crippen molar-refractivity contribution in [3.63, 3.8) is 0 Å². The SMILES string of the molecule is CCNC(c1cc(Cl)ccc1OC)c1snnc1C(C)C. The molecule has 1 heterocycles. The van der Waals surface area contributed by atoms with Crippen LogP contribution in [0.1, 0.15) is 48.9 Å². The minimum atomic E-state index is -0.0129. The van der Waals surface area contributed by atoms with Gasteiger partial charge in [-0.15, -0.1) is 5.10 Å². The minimum absolute atomic E-state index is 0.0129. The molecule has 0 saturated carbocycles. The van der Waals surface area contributed by atoms with Gasteiger partial charge in [-0.2, -0.15) is 0 Å². The summed E-state index contributed by atoms with van der Waals surface area (Å²) in [6.07, 6.45) is 0. The molecular weight excluding hydrogens is 306 g/mol. The minimum Gasteiger partial charge on any atom is -0.496 e. The number of nitrogens with zero attached hydrogens (tertiary/aromatic N) is 2. The molecule has 0 fully saturated rings. The summed E-state index contributed by atoms with van der Waals surface area (Å²) >= 11 is 7.59. The molecule has 2 aromatic rings. The van der Waals surface area contributed by atoms with Gasteiger partial charge >= 0.3 is 0 Å². The van der Waals surface area contributed by atoms with Crippen LogP contribution in [0.5, 0.6) is 5.75 Å². The van der Waals surface area contributed by atoms with Crippen LogP contribution in [0.2, 0.25) is 5.02 Å². The smallest absolute Gasteiger partial charge is 0.124 e. The Morgan fingerprint density at radius 1 is 1.38 bits per heavy atom. The van der Waals surface area contributed by atoms with E-state index in [0.717, 1.165) is 28.4 Å². The van der Waals surface area contributed by atoms with Gasteiger partial charge in [0.2, 0.25) is 0 Å². The van der Waals surface area contributed by atoms with E-state index in [1.807, 2.05) is 18.2 Å². The molecule has 0 aliphatic rings. The third kappa shape index (κ3) is 3.54. The van der Waals surface area contributed by atoms with Crippen molar-refractivity contribution in [1.29, 1.82) is 0 Å². The van der Waals surface area contributed by atoms with Crippen molar-refractivity contribution >= 4 is 23.1 Å². The fraction of sp³-hybridized carbons (Fsp3) is 0.467. The molecule has 0 saturated heterocycles. The van der Waals surface area contributed by atoms with Gasteiger partial charge in [-0.1, -0.05) is 36.9 Å². The van der Waals surface area contributed by atoms with Gasteiger partial charge in [0.1, 0.15) is 5.75 Å². The first kappa shape index (κ1) is 16.2. The van der Waals surface area contributed by atoms with Crippen LogP contribution >= 0.6 is 23.1 Å². The number of methoxy groups -OCH3 is 1. The number of ether oxygens (including phenoxy) is 1. The van der Waals surface area contributed by atoms with Gasteiger partial charge < -0.3 is 10.1 Å². The lowest BCUT2D eigenvalue weighted by atomic mass is 9.99. The van der Waals surface area contributed by atoms with Crippen molar-refractivity contribution in [2.24, 2.45) is 0 Å². The van der Waals surface area contributed by atoms with Crippen LogP contribution in [0.4, 0.5) is 0 Å². The molecule has 2 rings (SSSR count). The molecule has 0 radical (unpaired) electrons. The number of benzene rings is 1. The van der Waals surface area contributed by atoms with Gasteiger partial charge in [0.15, 0.2) is 0 Å². The highest BCUT2D eigenvalue weighted by molar-refractivity contribution is 7.05. The molecule has 4 nitrogen and oxygen atoms in total. The van der Waals surface area contributed by atoms with E-state index in [4.69, 9.17) is 16.3 Å². The number of nitrogens with one attached hydrogen (secondary N) is 1. The van der Waals surface area contributed by atoms with Gasteiger partial charge in [-0.05, 0) is 42.2 Å². The Bertz CT molecular complexity index is 600. The molecule has 0 amide bonds. The molecule has 1 atom stereocenters. The maximum atomic E-state index is 6.17. The third-order valence-electron chi connectivity index (χ3n) is 3.26. The molecule has 114 valence electrons. The summed E-state index contributed by atoms with van der Waals surface area (Å²) in [5.74, 6) is 1.14. The Balaban J connectivity index is 2.53. The second-order valence-electron chi connectivity index (χ2n) is 5.05. The number of aromatic nitrogens is 2. The standard InChI is InChI=1S/C15H20ClN3OS/c1-5-17-14(15-13(9(2)3)18-19-21-15)11-8-10(16)6-7-12(11)20-4/h6-9,14,17H,5H2,1-4H3.